The van der Waals surface area contributed by atoms with Crippen LogP contribution in [-0.4, -0.2) is 31.6 Å². The molecule has 0 aliphatic carbocycles. The van der Waals surface area contributed by atoms with Gasteiger partial charge < -0.3 is 10.2 Å². The summed E-state index contributed by atoms with van der Waals surface area (Å²) in [6.45, 7) is 6.93. The Balaban J connectivity index is 2.07. The molecule has 0 aromatic heterocycles. The minimum Gasteiger partial charge on any atom is -0.381 e. The van der Waals surface area contributed by atoms with Crippen LogP contribution in [0.1, 0.15) is 25.8 Å². The highest BCUT2D eigenvalue weighted by atomic mass is 32.2. The molecule has 1 unspecified atom stereocenters. The Labute approximate surface area is 122 Å². The number of nitrogens with one attached hydrogen (secondary N) is 1. The fourth-order valence-electron chi connectivity index (χ4n) is 2.66. The third-order valence-electron chi connectivity index (χ3n) is 3.70. The molecule has 1 aliphatic rings. The largest absolute Gasteiger partial charge is 0.381 e. The van der Waals surface area contributed by atoms with Crippen molar-refractivity contribution in [2.45, 2.75) is 33.2 Å². The predicted octanol–water partition coefficient (Wildman–Crippen LogP) is 4.00. The Morgan fingerprint density at radius 1 is 1.32 bits per heavy atom. The smallest absolute Gasteiger partial charge is 0.0373 e. The Kier molecular flexibility index (Phi) is 4.34. The third-order valence-corrected chi connectivity index (χ3v) is 5.32. The summed E-state index contributed by atoms with van der Waals surface area (Å²) in [5.41, 5.74) is 4.34. The van der Waals surface area contributed by atoms with Gasteiger partial charge in [-0.15, -0.1) is 0 Å². The molecule has 0 amide bonds. The molecule has 1 fully saturated rings. The monoisotopic (exact) mass is 278 g/mol. The number of rotatable bonds is 3. The van der Waals surface area contributed by atoms with Gasteiger partial charge in [0.05, 0.1) is 0 Å². The normalized spacial score (nSPS) is 22.1. The second-order valence-corrected chi connectivity index (χ2v) is 7.65. The van der Waals surface area contributed by atoms with Crippen LogP contribution in [0.15, 0.2) is 18.2 Å². The van der Waals surface area contributed by atoms with Gasteiger partial charge >= 0.3 is 0 Å². The van der Waals surface area contributed by atoms with E-state index >= 15 is 0 Å². The Bertz CT molecular complexity index is 440. The van der Waals surface area contributed by atoms with E-state index in [2.05, 4.69) is 75.0 Å². The van der Waals surface area contributed by atoms with E-state index in [0.29, 0.717) is 11.5 Å². The van der Waals surface area contributed by atoms with Gasteiger partial charge in [0, 0.05) is 37.3 Å². The first-order chi connectivity index (χ1) is 8.87. The minimum atomic E-state index is 0.456. The van der Waals surface area contributed by atoms with Gasteiger partial charge in [-0.1, -0.05) is 13.8 Å². The van der Waals surface area contributed by atoms with Gasteiger partial charge in [0.1, 0.15) is 0 Å². The molecule has 1 atom stereocenters. The summed E-state index contributed by atoms with van der Waals surface area (Å²) in [4.78, 5) is 2.15. The third kappa shape index (κ3) is 3.82. The Hall–Kier alpha value is -0.830. The summed E-state index contributed by atoms with van der Waals surface area (Å²) in [6.07, 6.45) is 1.26. The quantitative estimate of drug-likeness (QED) is 0.899. The lowest BCUT2D eigenvalue weighted by molar-refractivity contribution is 0.358. The maximum atomic E-state index is 3.73. The summed E-state index contributed by atoms with van der Waals surface area (Å²) in [7, 11) is 4.17. The summed E-state index contributed by atoms with van der Waals surface area (Å²) < 4.78 is 0. The average molecular weight is 278 g/mol. The topological polar surface area (TPSA) is 15.3 Å². The average Bonchev–Trinajstić information content (AvgIpc) is 2.30. The van der Waals surface area contributed by atoms with Gasteiger partial charge in [-0.3, -0.25) is 0 Å². The highest BCUT2D eigenvalue weighted by Gasteiger charge is 2.28. The van der Waals surface area contributed by atoms with Crippen molar-refractivity contribution in [1.29, 1.82) is 0 Å². The van der Waals surface area contributed by atoms with Crippen LogP contribution in [0.5, 0.6) is 0 Å². The molecule has 1 N–H and O–H groups in total. The first kappa shape index (κ1) is 14.6. The van der Waals surface area contributed by atoms with Crippen molar-refractivity contribution >= 4 is 23.1 Å². The van der Waals surface area contributed by atoms with E-state index in [1.807, 2.05) is 0 Å². The lowest BCUT2D eigenvalue weighted by atomic mass is 9.87. The lowest BCUT2D eigenvalue weighted by Gasteiger charge is -2.36. The molecule has 19 heavy (non-hydrogen) atoms. The van der Waals surface area contributed by atoms with E-state index in [-0.39, 0.29) is 0 Å². The van der Waals surface area contributed by atoms with Crippen LogP contribution in [0.4, 0.5) is 11.4 Å². The van der Waals surface area contributed by atoms with Crippen LogP contribution in [0.3, 0.4) is 0 Å². The van der Waals surface area contributed by atoms with Crippen molar-refractivity contribution in [1.82, 2.24) is 0 Å². The predicted molar refractivity (Wildman–Crippen MR) is 88.6 cm³/mol. The molecule has 0 saturated carbocycles. The van der Waals surface area contributed by atoms with Crippen molar-refractivity contribution in [3.05, 3.63) is 23.8 Å². The molecule has 1 aromatic rings. The van der Waals surface area contributed by atoms with Gasteiger partial charge in [0.15, 0.2) is 0 Å². The van der Waals surface area contributed by atoms with E-state index < -0.39 is 0 Å². The van der Waals surface area contributed by atoms with Crippen molar-refractivity contribution < 1.29 is 0 Å². The first-order valence-electron chi connectivity index (χ1n) is 7.00. The van der Waals surface area contributed by atoms with Gasteiger partial charge in [0.25, 0.3) is 0 Å². The second-order valence-electron chi connectivity index (χ2n) is 6.62. The minimum absolute atomic E-state index is 0.456. The van der Waals surface area contributed by atoms with Crippen molar-refractivity contribution in [3.8, 4) is 0 Å². The van der Waals surface area contributed by atoms with Crippen molar-refractivity contribution in [2.75, 3.05) is 35.8 Å². The summed E-state index contributed by atoms with van der Waals surface area (Å²) in [5, 5.41) is 3.73. The van der Waals surface area contributed by atoms with Crippen LogP contribution in [-0.2, 0) is 0 Å². The molecule has 3 heteroatoms. The van der Waals surface area contributed by atoms with E-state index in [1.54, 1.807) is 0 Å². The van der Waals surface area contributed by atoms with E-state index in [9.17, 15) is 0 Å². The zero-order chi connectivity index (χ0) is 14.0. The van der Waals surface area contributed by atoms with Gasteiger partial charge in [0.2, 0.25) is 0 Å². The maximum Gasteiger partial charge on any atom is 0.0373 e. The highest BCUT2D eigenvalue weighted by molar-refractivity contribution is 7.99. The molecular formula is C16H26N2S. The number of nitrogens with zero attached hydrogens (tertiary/aromatic N) is 1. The van der Waals surface area contributed by atoms with Crippen molar-refractivity contribution in [2.24, 2.45) is 5.41 Å². The molecule has 0 radical (unpaired) electrons. The number of thioether (sulfide) groups is 1. The highest BCUT2D eigenvalue weighted by Crippen LogP contribution is 2.35. The van der Waals surface area contributed by atoms with Crippen LogP contribution in [0.2, 0.25) is 0 Å². The van der Waals surface area contributed by atoms with Crippen LogP contribution in [0, 0.1) is 12.3 Å². The zero-order valence-electron chi connectivity index (χ0n) is 12.8. The van der Waals surface area contributed by atoms with E-state index in [0.717, 1.165) is 0 Å². The fourth-order valence-corrected chi connectivity index (χ4v) is 3.94. The molecule has 1 aromatic carbocycles. The molecule has 1 heterocycles. The zero-order valence-corrected chi connectivity index (χ0v) is 13.6. The molecule has 0 bridgehead atoms. The summed E-state index contributed by atoms with van der Waals surface area (Å²) in [6, 6.07) is 7.26. The number of hydrogen-bond donors (Lipinski definition) is 1. The molecule has 0 spiro atoms. The van der Waals surface area contributed by atoms with Crippen LogP contribution < -0.4 is 10.2 Å². The van der Waals surface area contributed by atoms with Crippen LogP contribution in [0.25, 0.3) is 0 Å². The Morgan fingerprint density at radius 3 is 2.63 bits per heavy atom. The van der Waals surface area contributed by atoms with E-state index in [1.165, 1.54) is 34.9 Å². The molecule has 2 nitrogen and oxygen atoms in total. The number of hydrogen-bond acceptors (Lipinski definition) is 3. The van der Waals surface area contributed by atoms with Crippen LogP contribution >= 0.6 is 11.8 Å². The number of anilines is 2. The molecular weight excluding hydrogens is 252 g/mol. The molecule has 2 rings (SSSR count). The second kappa shape index (κ2) is 5.66. The fraction of sp³-hybridized carbons (Fsp3) is 0.625. The van der Waals surface area contributed by atoms with E-state index in [4.69, 9.17) is 0 Å². The first-order valence-corrected chi connectivity index (χ1v) is 8.15. The summed E-state index contributed by atoms with van der Waals surface area (Å²) in [5.74, 6) is 2.50. The van der Waals surface area contributed by atoms with Gasteiger partial charge in [-0.05, 0) is 48.3 Å². The van der Waals surface area contributed by atoms with Gasteiger partial charge in [-0.2, -0.15) is 11.8 Å². The molecule has 1 aliphatic heterocycles. The molecule has 1 saturated heterocycles. The SMILES string of the molecule is Cc1cc(N(C)C)ccc1NC1CSCC(C)(C)C1. The lowest BCUT2D eigenvalue weighted by Crippen LogP contribution is -2.35. The number of benzene rings is 1. The number of aryl methyl sites for hydroxylation is 1. The van der Waals surface area contributed by atoms with Gasteiger partial charge in [-0.25, -0.2) is 0 Å². The Morgan fingerprint density at radius 2 is 2.05 bits per heavy atom. The van der Waals surface area contributed by atoms with Crippen molar-refractivity contribution in [3.63, 3.8) is 0 Å². The maximum absolute atomic E-state index is 3.73. The standard InChI is InChI=1S/C16H26N2S/c1-12-8-14(18(4)5)6-7-15(12)17-13-9-16(2,3)11-19-10-13/h6-8,13,17H,9-11H2,1-5H3. The summed E-state index contributed by atoms with van der Waals surface area (Å²) >= 11 is 2.07. The molecule has 106 valence electrons.